The Morgan fingerprint density at radius 2 is 1.93 bits per heavy atom. The summed E-state index contributed by atoms with van der Waals surface area (Å²) >= 11 is 1.21. The highest BCUT2D eigenvalue weighted by Crippen LogP contribution is 2.29. The molecule has 1 fully saturated rings. The third-order valence-electron chi connectivity index (χ3n) is 4.05. The van der Waals surface area contributed by atoms with Gasteiger partial charge in [0.05, 0.1) is 12.3 Å². The molecular weight excluding hydrogens is 381 g/mol. The Labute approximate surface area is 166 Å². The minimum absolute atomic E-state index is 0.0759. The summed E-state index contributed by atoms with van der Waals surface area (Å²) in [7, 11) is 1.61. The Hall–Kier alpha value is -2.87. The number of aliphatic imine (C=N–C) groups is 1. The number of nitrogens with zero attached hydrogens (tertiary/aromatic N) is 2. The summed E-state index contributed by atoms with van der Waals surface area (Å²) in [5, 5.41) is 2.61. The molecule has 6 nitrogen and oxygen atoms in total. The van der Waals surface area contributed by atoms with Gasteiger partial charge in [0.25, 0.3) is 0 Å². The summed E-state index contributed by atoms with van der Waals surface area (Å²) in [6, 6.07) is 12.7. The van der Waals surface area contributed by atoms with E-state index in [2.05, 4.69) is 10.3 Å². The second-order valence-electron chi connectivity index (χ2n) is 6.08. The highest BCUT2D eigenvalue weighted by molar-refractivity contribution is 8.15. The Morgan fingerprint density at radius 3 is 2.57 bits per heavy atom. The minimum Gasteiger partial charge on any atom is -0.494 e. The van der Waals surface area contributed by atoms with Gasteiger partial charge >= 0.3 is 0 Å². The van der Waals surface area contributed by atoms with Gasteiger partial charge in [-0.15, -0.1) is 0 Å². The molecule has 146 valence electrons. The van der Waals surface area contributed by atoms with E-state index in [1.807, 2.05) is 6.92 Å². The van der Waals surface area contributed by atoms with E-state index in [9.17, 15) is 14.0 Å². The summed E-state index contributed by atoms with van der Waals surface area (Å²) in [5.41, 5.74) is 1.13. The lowest BCUT2D eigenvalue weighted by Crippen LogP contribution is -2.43. The maximum atomic E-state index is 13.1. The number of amides is 2. The van der Waals surface area contributed by atoms with Crippen molar-refractivity contribution in [2.45, 2.75) is 18.6 Å². The van der Waals surface area contributed by atoms with Gasteiger partial charge < -0.3 is 10.1 Å². The zero-order chi connectivity index (χ0) is 20.1. The zero-order valence-corrected chi connectivity index (χ0v) is 16.3. The first-order valence-corrected chi connectivity index (χ1v) is 9.65. The predicted octanol–water partition coefficient (Wildman–Crippen LogP) is 3.81. The minimum atomic E-state index is -0.602. The zero-order valence-electron chi connectivity index (χ0n) is 15.5. The number of thioether (sulfide) groups is 1. The van der Waals surface area contributed by atoms with Crippen molar-refractivity contribution in [2.24, 2.45) is 4.99 Å². The number of carbonyl (C=O) groups excluding carboxylic acids is 2. The molecule has 1 aliphatic heterocycles. The summed E-state index contributed by atoms with van der Waals surface area (Å²) < 4.78 is 18.4. The monoisotopic (exact) mass is 401 g/mol. The standard InChI is InChI=1S/C20H20FN3O3S/c1-3-27-16-10-8-14(9-11-16)22-19(26)17-12-18(25)24(2)20(28-17)23-15-6-4-13(21)5-7-15/h4-11,17H,3,12H2,1-2H3,(H,22,26)/t17-/m0/s1. The highest BCUT2D eigenvalue weighted by atomic mass is 32.2. The van der Waals surface area contributed by atoms with Crippen LogP contribution in [0.15, 0.2) is 53.5 Å². The van der Waals surface area contributed by atoms with E-state index >= 15 is 0 Å². The highest BCUT2D eigenvalue weighted by Gasteiger charge is 2.34. The molecule has 0 aliphatic carbocycles. The third kappa shape index (κ3) is 4.89. The van der Waals surface area contributed by atoms with Crippen LogP contribution in [0.5, 0.6) is 5.75 Å². The van der Waals surface area contributed by atoms with Gasteiger partial charge in [-0.05, 0) is 55.5 Å². The molecule has 0 spiro atoms. The van der Waals surface area contributed by atoms with Gasteiger partial charge in [0.15, 0.2) is 5.17 Å². The molecule has 1 N–H and O–H groups in total. The van der Waals surface area contributed by atoms with Crippen molar-refractivity contribution in [1.29, 1.82) is 0 Å². The molecule has 0 radical (unpaired) electrons. The molecule has 0 unspecified atom stereocenters. The smallest absolute Gasteiger partial charge is 0.238 e. The van der Waals surface area contributed by atoms with Crippen LogP contribution >= 0.6 is 11.8 Å². The maximum absolute atomic E-state index is 13.1. The van der Waals surface area contributed by atoms with Crippen LogP contribution in [0, 0.1) is 5.82 Å². The number of amidine groups is 1. The summed E-state index contributed by atoms with van der Waals surface area (Å²) in [5.74, 6) is -0.121. The van der Waals surface area contributed by atoms with Crippen molar-refractivity contribution in [2.75, 3.05) is 19.0 Å². The molecule has 28 heavy (non-hydrogen) atoms. The van der Waals surface area contributed by atoms with Crippen LogP contribution in [0.4, 0.5) is 15.8 Å². The van der Waals surface area contributed by atoms with Gasteiger partial charge in [-0.3, -0.25) is 14.5 Å². The van der Waals surface area contributed by atoms with E-state index in [1.54, 1.807) is 31.3 Å². The number of hydrogen-bond donors (Lipinski definition) is 1. The Kier molecular flexibility index (Phi) is 6.30. The van der Waals surface area contributed by atoms with Crippen LogP contribution < -0.4 is 10.1 Å². The molecule has 1 saturated heterocycles. The van der Waals surface area contributed by atoms with E-state index in [0.717, 1.165) is 5.75 Å². The molecule has 1 atom stereocenters. The van der Waals surface area contributed by atoms with Gasteiger partial charge in [-0.25, -0.2) is 9.38 Å². The number of carbonyl (C=O) groups is 2. The maximum Gasteiger partial charge on any atom is 0.238 e. The van der Waals surface area contributed by atoms with Gasteiger partial charge in [0.1, 0.15) is 16.8 Å². The van der Waals surface area contributed by atoms with Gasteiger partial charge in [-0.2, -0.15) is 0 Å². The Bertz CT molecular complexity index is 885. The lowest BCUT2D eigenvalue weighted by molar-refractivity contribution is -0.128. The fourth-order valence-electron chi connectivity index (χ4n) is 2.55. The number of anilines is 1. The predicted molar refractivity (Wildman–Crippen MR) is 109 cm³/mol. The average molecular weight is 401 g/mol. The fraction of sp³-hybridized carbons (Fsp3) is 0.250. The van der Waals surface area contributed by atoms with Gasteiger partial charge in [0.2, 0.25) is 11.8 Å². The van der Waals surface area contributed by atoms with Crippen molar-refractivity contribution < 1.29 is 18.7 Å². The molecule has 1 aliphatic rings. The van der Waals surface area contributed by atoms with Crippen LogP contribution in [-0.4, -0.2) is 40.8 Å². The van der Waals surface area contributed by atoms with Crippen LogP contribution in [0.2, 0.25) is 0 Å². The number of benzene rings is 2. The Morgan fingerprint density at radius 1 is 1.25 bits per heavy atom. The van der Waals surface area contributed by atoms with Crippen molar-refractivity contribution in [1.82, 2.24) is 4.90 Å². The summed E-state index contributed by atoms with van der Waals surface area (Å²) in [4.78, 5) is 30.7. The summed E-state index contributed by atoms with van der Waals surface area (Å²) in [6.45, 7) is 2.46. The molecule has 3 rings (SSSR count). The second-order valence-corrected chi connectivity index (χ2v) is 7.25. The number of nitrogens with one attached hydrogen (secondary N) is 1. The lowest BCUT2D eigenvalue weighted by Gasteiger charge is -2.28. The molecule has 0 aromatic heterocycles. The number of rotatable bonds is 5. The van der Waals surface area contributed by atoms with Crippen LogP contribution in [0.25, 0.3) is 0 Å². The fourth-order valence-corrected chi connectivity index (χ4v) is 3.61. The van der Waals surface area contributed by atoms with Crippen LogP contribution in [0.1, 0.15) is 13.3 Å². The number of ether oxygens (including phenoxy) is 1. The lowest BCUT2D eigenvalue weighted by atomic mass is 10.2. The number of hydrogen-bond acceptors (Lipinski definition) is 5. The molecule has 1 heterocycles. The number of halogens is 1. The molecule has 2 aromatic rings. The molecular formula is C20H20FN3O3S. The SMILES string of the molecule is CCOc1ccc(NC(=O)[C@@H]2CC(=O)N(C)C(=Nc3ccc(F)cc3)S2)cc1. The quantitative estimate of drug-likeness (QED) is 0.827. The van der Waals surface area contributed by atoms with E-state index in [1.165, 1.54) is 40.9 Å². The summed E-state index contributed by atoms with van der Waals surface area (Å²) in [6.07, 6.45) is 0.0759. The van der Waals surface area contributed by atoms with Crippen molar-refractivity contribution >= 4 is 40.1 Å². The average Bonchev–Trinajstić information content (AvgIpc) is 2.68. The second kappa shape index (κ2) is 8.88. The Balaban J connectivity index is 1.71. The first-order valence-electron chi connectivity index (χ1n) is 8.77. The molecule has 2 aromatic carbocycles. The van der Waals surface area contributed by atoms with Crippen molar-refractivity contribution in [3.05, 3.63) is 54.3 Å². The third-order valence-corrected chi connectivity index (χ3v) is 5.29. The molecule has 8 heteroatoms. The first kappa shape index (κ1) is 19.9. The molecule has 0 saturated carbocycles. The molecule has 2 amide bonds. The van der Waals surface area contributed by atoms with E-state index in [0.29, 0.717) is 23.1 Å². The van der Waals surface area contributed by atoms with Gasteiger partial charge in [-0.1, -0.05) is 11.8 Å². The van der Waals surface area contributed by atoms with E-state index in [4.69, 9.17) is 4.74 Å². The van der Waals surface area contributed by atoms with Crippen LogP contribution in [0.3, 0.4) is 0 Å². The van der Waals surface area contributed by atoms with Crippen molar-refractivity contribution in [3.63, 3.8) is 0 Å². The van der Waals surface area contributed by atoms with Crippen molar-refractivity contribution in [3.8, 4) is 5.75 Å². The van der Waals surface area contributed by atoms with E-state index < -0.39 is 5.25 Å². The normalized spacial score (nSPS) is 18.2. The first-order chi connectivity index (χ1) is 13.5. The molecule has 0 bridgehead atoms. The topological polar surface area (TPSA) is 71.0 Å². The van der Waals surface area contributed by atoms with E-state index in [-0.39, 0.29) is 24.1 Å². The van der Waals surface area contributed by atoms with Crippen LogP contribution in [-0.2, 0) is 9.59 Å². The largest absolute Gasteiger partial charge is 0.494 e. The van der Waals surface area contributed by atoms with Gasteiger partial charge in [0, 0.05) is 19.2 Å².